The fourth-order valence-corrected chi connectivity index (χ4v) is 4.88. The molecule has 3 rings (SSSR count). The molecule has 0 saturated carbocycles. The van der Waals surface area contributed by atoms with Gasteiger partial charge >= 0.3 is 0 Å². The predicted octanol–water partition coefficient (Wildman–Crippen LogP) is 3.95. The Labute approximate surface area is 200 Å². The van der Waals surface area contributed by atoms with Gasteiger partial charge in [0.2, 0.25) is 15.0 Å². The zero-order valence-corrected chi connectivity index (χ0v) is 20.6. The molecule has 1 amide bonds. The van der Waals surface area contributed by atoms with Crippen molar-refractivity contribution < 1.29 is 17.9 Å². The van der Waals surface area contributed by atoms with Crippen molar-refractivity contribution in [3.63, 3.8) is 0 Å². The molecule has 0 fully saturated rings. The van der Waals surface area contributed by atoms with E-state index in [0.29, 0.717) is 16.3 Å². The molecule has 0 radical (unpaired) electrons. The van der Waals surface area contributed by atoms with Crippen LogP contribution in [-0.4, -0.2) is 41.1 Å². The first-order chi connectivity index (χ1) is 15.6. The number of aryl methyl sites for hydroxylation is 1. The Kier molecular flexibility index (Phi) is 7.22. The van der Waals surface area contributed by atoms with Crippen LogP contribution in [0.1, 0.15) is 23.9 Å². The maximum absolute atomic E-state index is 12.6. The lowest BCUT2D eigenvalue weighted by molar-refractivity contribution is -0.112. The monoisotopic (exact) mass is 505 g/mol. The number of halogens is 1. The molecule has 0 bridgehead atoms. The molecule has 3 aromatic rings. The van der Waals surface area contributed by atoms with Crippen LogP contribution in [0.3, 0.4) is 0 Å². The quantitative estimate of drug-likeness (QED) is 0.380. The second-order valence-corrected chi connectivity index (χ2v) is 10.2. The van der Waals surface area contributed by atoms with Crippen LogP contribution >= 0.6 is 23.1 Å². The Bertz CT molecular complexity index is 1400. The van der Waals surface area contributed by atoms with Gasteiger partial charge in [-0.1, -0.05) is 18.5 Å². The second-order valence-electron chi connectivity index (χ2n) is 6.89. The molecule has 0 aliphatic rings. The van der Waals surface area contributed by atoms with E-state index in [-0.39, 0.29) is 21.6 Å². The number of methoxy groups -OCH3 is 1. The maximum Gasteiger partial charge on any atom is 0.268 e. The highest BCUT2D eigenvalue weighted by Crippen LogP contribution is 2.31. The standard InChI is InChI=1S/C21H20ClN5O4S2/c1-5-33(29,30)21-25-20(32-26-21)24-19(28)15(11-23)9-14-8-12(2)27(13(14)3)17-10-16(22)6-7-18(17)31-4/h6-10H,5H2,1-4H3,(H,24,25,26,28)/b15-9-. The zero-order valence-electron chi connectivity index (χ0n) is 18.2. The number of rotatable bonds is 7. The number of nitrogens with zero attached hydrogens (tertiary/aromatic N) is 4. The Morgan fingerprint density at radius 3 is 2.73 bits per heavy atom. The van der Waals surface area contributed by atoms with Crippen molar-refractivity contribution in [2.75, 3.05) is 18.2 Å². The highest BCUT2D eigenvalue weighted by atomic mass is 35.5. The van der Waals surface area contributed by atoms with Gasteiger partial charge in [0.1, 0.15) is 17.4 Å². The highest BCUT2D eigenvalue weighted by molar-refractivity contribution is 7.91. The molecule has 1 N–H and O–H groups in total. The number of aromatic nitrogens is 3. The lowest BCUT2D eigenvalue weighted by Gasteiger charge is -2.14. The number of nitrogens with one attached hydrogen (secondary N) is 1. The highest BCUT2D eigenvalue weighted by Gasteiger charge is 2.21. The van der Waals surface area contributed by atoms with Crippen molar-refractivity contribution in [1.82, 2.24) is 13.9 Å². The van der Waals surface area contributed by atoms with Crippen molar-refractivity contribution in [2.45, 2.75) is 25.9 Å². The van der Waals surface area contributed by atoms with Crippen molar-refractivity contribution in [2.24, 2.45) is 0 Å². The first-order valence-electron chi connectivity index (χ1n) is 9.63. The molecule has 0 aliphatic heterocycles. The predicted molar refractivity (Wildman–Crippen MR) is 127 cm³/mol. The molecule has 33 heavy (non-hydrogen) atoms. The van der Waals surface area contributed by atoms with Gasteiger partial charge in [-0.3, -0.25) is 10.1 Å². The van der Waals surface area contributed by atoms with Crippen LogP contribution in [0.2, 0.25) is 5.02 Å². The topological polar surface area (TPSA) is 127 Å². The zero-order chi connectivity index (χ0) is 24.3. The van der Waals surface area contributed by atoms with Gasteiger partial charge < -0.3 is 9.30 Å². The lowest BCUT2D eigenvalue weighted by atomic mass is 10.1. The molecule has 0 spiro atoms. The van der Waals surface area contributed by atoms with E-state index < -0.39 is 15.7 Å². The molecule has 0 atom stereocenters. The summed E-state index contributed by atoms with van der Waals surface area (Å²) in [4.78, 5) is 16.5. The van der Waals surface area contributed by atoms with Gasteiger partial charge in [0, 0.05) is 27.9 Å². The van der Waals surface area contributed by atoms with Crippen molar-refractivity contribution in [1.29, 1.82) is 5.26 Å². The Morgan fingerprint density at radius 1 is 1.36 bits per heavy atom. The molecular formula is C21H20ClN5O4S2. The Balaban J connectivity index is 1.94. The van der Waals surface area contributed by atoms with Gasteiger partial charge in [0.05, 0.1) is 18.6 Å². The second kappa shape index (κ2) is 9.74. The number of ether oxygens (including phenoxy) is 1. The van der Waals surface area contributed by atoms with Gasteiger partial charge in [0.15, 0.2) is 0 Å². The van der Waals surface area contributed by atoms with Gasteiger partial charge in [-0.15, -0.1) is 0 Å². The third-order valence-electron chi connectivity index (χ3n) is 4.80. The molecular weight excluding hydrogens is 486 g/mol. The largest absolute Gasteiger partial charge is 0.495 e. The average molecular weight is 506 g/mol. The van der Waals surface area contributed by atoms with Gasteiger partial charge in [0.25, 0.3) is 11.1 Å². The number of hydrogen-bond donors (Lipinski definition) is 1. The molecule has 0 saturated heterocycles. The normalized spacial score (nSPS) is 11.8. The van der Waals surface area contributed by atoms with E-state index in [2.05, 4.69) is 14.7 Å². The lowest BCUT2D eigenvalue weighted by Crippen LogP contribution is -2.14. The molecule has 0 unspecified atom stereocenters. The number of sulfone groups is 1. The summed E-state index contributed by atoms with van der Waals surface area (Å²) in [5.74, 6) is -0.267. The molecule has 9 nitrogen and oxygen atoms in total. The summed E-state index contributed by atoms with van der Waals surface area (Å²) >= 11 is 6.90. The van der Waals surface area contributed by atoms with Gasteiger partial charge in [-0.05, 0) is 49.8 Å². The van der Waals surface area contributed by atoms with E-state index in [0.717, 1.165) is 28.6 Å². The van der Waals surface area contributed by atoms with E-state index in [4.69, 9.17) is 16.3 Å². The van der Waals surface area contributed by atoms with Crippen LogP contribution in [0.4, 0.5) is 5.13 Å². The molecule has 2 heterocycles. The number of benzene rings is 1. The van der Waals surface area contributed by atoms with Crippen LogP contribution in [-0.2, 0) is 14.6 Å². The minimum absolute atomic E-state index is 0.0117. The fraction of sp³-hybridized carbons (Fsp3) is 0.238. The minimum Gasteiger partial charge on any atom is -0.495 e. The van der Waals surface area contributed by atoms with Gasteiger partial charge in [-0.2, -0.15) is 14.6 Å². The van der Waals surface area contributed by atoms with Crippen LogP contribution in [0, 0.1) is 25.2 Å². The summed E-state index contributed by atoms with van der Waals surface area (Å²) in [6, 6.07) is 8.96. The van der Waals surface area contributed by atoms with Crippen LogP contribution in [0.5, 0.6) is 5.75 Å². The molecule has 1 aromatic carbocycles. The fourth-order valence-electron chi connectivity index (χ4n) is 3.13. The number of nitriles is 1. The first kappa shape index (κ1) is 24.4. The Morgan fingerprint density at radius 2 is 2.09 bits per heavy atom. The number of anilines is 1. The SMILES string of the molecule is CCS(=O)(=O)c1nsc(NC(=O)/C(C#N)=C\c2cc(C)n(-c3cc(Cl)ccc3OC)c2C)n1. The summed E-state index contributed by atoms with van der Waals surface area (Å²) in [7, 11) is -2.04. The van der Waals surface area contributed by atoms with E-state index in [1.54, 1.807) is 25.3 Å². The first-order valence-corrected chi connectivity index (χ1v) is 12.4. The van der Waals surface area contributed by atoms with Crippen LogP contribution in [0.25, 0.3) is 11.8 Å². The molecule has 12 heteroatoms. The summed E-state index contributed by atoms with van der Waals surface area (Å²) < 4.78 is 34.9. The summed E-state index contributed by atoms with van der Waals surface area (Å²) in [6.07, 6.45) is 1.45. The Hall–Kier alpha value is -3.20. The van der Waals surface area contributed by atoms with E-state index >= 15 is 0 Å². The number of hydrogen-bond acceptors (Lipinski definition) is 8. The van der Waals surface area contributed by atoms with E-state index in [1.165, 1.54) is 13.0 Å². The van der Waals surface area contributed by atoms with Gasteiger partial charge in [-0.25, -0.2) is 8.42 Å². The molecule has 0 aliphatic carbocycles. The van der Waals surface area contributed by atoms with Crippen LogP contribution in [0.15, 0.2) is 35.0 Å². The number of carbonyl (C=O) groups excluding carboxylic acids is 1. The molecule has 172 valence electrons. The third-order valence-corrected chi connectivity index (χ3v) is 7.28. The average Bonchev–Trinajstić information content (AvgIpc) is 3.36. The number of amides is 1. The number of carbonyl (C=O) groups is 1. The summed E-state index contributed by atoms with van der Waals surface area (Å²) in [6.45, 7) is 5.20. The van der Waals surface area contributed by atoms with Crippen molar-refractivity contribution in [3.05, 3.63) is 51.8 Å². The summed E-state index contributed by atoms with van der Waals surface area (Å²) in [5, 5.41) is 12.2. The van der Waals surface area contributed by atoms with Crippen molar-refractivity contribution in [3.8, 4) is 17.5 Å². The third kappa shape index (κ3) is 5.08. The smallest absolute Gasteiger partial charge is 0.268 e. The van der Waals surface area contributed by atoms with Crippen molar-refractivity contribution >= 4 is 50.1 Å². The maximum atomic E-state index is 12.6. The van der Waals surface area contributed by atoms with E-state index in [9.17, 15) is 18.5 Å². The summed E-state index contributed by atoms with van der Waals surface area (Å²) in [5.41, 5.74) is 2.80. The van der Waals surface area contributed by atoms with Crippen LogP contribution < -0.4 is 10.1 Å². The minimum atomic E-state index is -3.60. The van der Waals surface area contributed by atoms with E-state index in [1.807, 2.05) is 30.6 Å². The molecule has 2 aromatic heterocycles.